The van der Waals surface area contributed by atoms with Crippen LogP contribution in [-0.2, 0) is 11.2 Å². The number of rotatable bonds is 4. The highest BCUT2D eigenvalue weighted by Gasteiger charge is 2.18. The summed E-state index contributed by atoms with van der Waals surface area (Å²) in [5, 5.41) is 8.83. The van der Waals surface area contributed by atoms with Gasteiger partial charge in [-0.3, -0.25) is 4.79 Å². The van der Waals surface area contributed by atoms with Crippen molar-refractivity contribution >= 4 is 17.5 Å². The van der Waals surface area contributed by atoms with Crippen molar-refractivity contribution in [1.29, 1.82) is 5.26 Å². The van der Waals surface area contributed by atoms with Gasteiger partial charge in [-0.15, -0.1) is 0 Å². The highest BCUT2D eigenvalue weighted by atomic mass is 35.5. The fourth-order valence-corrected chi connectivity index (χ4v) is 1.76. The van der Waals surface area contributed by atoms with E-state index in [9.17, 15) is 9.18 Å². The highest BCUT2D eigenvalue weighted by molar-refractivity contribution is 6.31. The van der Waals surface area contributed by atoms with E-state index in [1.54, 1.807) is 13.0 Å². The minimum Gasteiger partial charge on any atom is -0.369 e. The fraction of sp³-hybridized carbons (Fsp3) is 0.333. The number of carbonyl (C=O) groups excluding carboxylic acids is 1. The number of hydrogen-bond donors (Lipinski definition) is 1. The van der Waals surface area contributed by atoms with Crippen molar-refractivity contribution in [3.8, 4) is 6.07 Å². The first kappa shape index (κ1) is 13.5. The lowest BCUT2D eigenvalue weighted by atomic mass is 9.95. The molecule has 0 aromatic heterocycles. The van der Waals surface area contributed by atoms with Crippen LogP contribution < -0.4 is 5.73 Å². The molecule has 0 heterocycles. The van der Waals surface area contributed by atoms with Crippen LogP contribution in [0.2, 0.25) is 5.02 Å². The van der Waals surface area contributed by atoms with Gasteiger partial charge < -0.3 is 5.73 Å². The summed E-state index contributed by atoms with van der Waals surface area (Å²) in [4.78, 5) is 11.1. The molecular weight excluding hydrogens is 243 g/mol. The predicted molar refractivity (Wildman–Crippen MR) is 62.8 cm³/mol. The normalized spacial score (nSPS) is 11.9. The van der Waals surface area contributed by atoms with Crippen molar-refractivity contribution in [1.82, 2.24) is 0 Å². The van der Waals surface area contributed by atoms with Crippen LogP contribution >= 0.6 is 11.6 Å². The van der Waals surface area contributed by atoms with Crippen molar-refractivity contribution in [2.75, 3.05) is 0 Å². The van der Waals surface area contributed by atoms with Crippen molar-refractivity contribution in [3.05, 3.63) is 34.1 Å². The van der Waals surface area contributed by atoms with Crippen molar-refractivity contribution < 1.29 is 9.18 Å². The van der Waals surface area contributed by atoms with Gasteiger partial charge in [0.15, 0.2) is 0 Å². The van der Waals surface area contributed by atoms with E-state index in [1.807, 2.05) is 0 Å². The molecular formula is C12H12ClFN2O. The summed E-state index contributed by atoms with van der Waals surface area (Å²) in [6, 6.07) is 4.63. The van der Waals surface area contributed by atoms with Crippen LogP contribution in [0.4, 0.5) is 4.39 Å². The van der Waals surface area contributed by atoms with Gasteiger partial charge >= 0.3 is 0 Å². The third kappa shape index (κ3) is 2.95. The van der Waals surface area contributed by atoms with E-state index in [0.717, 1.165) is 0 Å². The predicted octanol–water partition coefficient (Wildman–Crippen LogP) is 2.40. The summed E-state index contributed by atoms with van der Waals surface area (Å²) in [6.07, 6.45) is 0.711. The maximum absolute atomic E-state index is 13.8. The zero-order valence-corrected chi connectivity index (χ0v) is 10.1. The second-order valence-electron chi connectivity index (χ2n) is 3.72. The van der Waals surface area contributed by atoms with Crippen LogP contribution in [0.1, 0.15) is 24.5 Å². The standard InChI is InChI=1S/C12H12ClFN2O/c1-2-7(12(16)17)5-8-3-4-10(13)9(6-15)11(8)14/h3-4,7H,2,5H2,1H3,(H2,16,17). The molecule has 3 nitrogen and oxygen atoms in total. The molecule has 0 radical (unpaired) electrons. The molecule has 1 atom stereocenters. The van der Waals surface area contributed by atoms with Crippen molar-refractivity contribution in [2.45, 2.75) is 19.8 Å². The van der Waals surface area contributed by atoms with Crippen LogP contribution in [0.3, 0.4) is 0 Å². The molecule has 0 bridgehead atoms. The number of halogens is 2. The van der Waals surface area contributed by atoms with Gasteiger partial charge in [0.25, 0.3) is 0 Å². The molecule has 0 spiro atoms. The molecule has 0 fully saturated rings. The molecule has 17 heavy (non-hydrogen) atoms. The van der Waals surface area contributed by atoms with Crippen LogP contribution in [0.5, 0.6) is 0 Å². The second-order valence-corrected chi connectivity index (χ2v) is 4.13. The molecule has 1 rings (SSSR count). The number of hydrogen-bond acceptors (Lipinski definition) is 2. The van der Waals surface area contributed by atoms with E-state index < -0.39 is 17.6 Å². The molecule has 1 unspecified atom stereocenters. The summed E-state index contributed by atoms with van der Waals surface area (Å²) < 4.78 is 13.8. The number of primary amides is 1. The van der Waals surface area contributed by atoms with E-state index in [-0.39, 0.29) is 22.6 Å². The third-order valence-corrected chi connectivity index (χ3v) is 2.96. The molecule has 2 N–H and O–H groups in total. The molecule has 1 amide bonds. The Labute approximate surface area is 104 Å². The number of amides is 1. The fourth-order valence-electron chi connectivity index (χ4n) is 1.57. The van der Waals surface area contributed by atoms with Gasteiger partial charge in [-0.05, 0) is 24.5 Å². The topological polar surface area (TPSA) is 66.9 Å². The zero-order valence-electron chi connectivity index (χ0n) is 9.34. The van der Waals surface area contributed by atoms with Gasteiger partial charge in [-0.2, -0.15) is 5.26 Å². The third-order valence-electron chi connectivity index (χ3n) is 2.64. The van der Waals surface area contributed by atoms with Crippen LogP contribution in [0.15, 0.2) is 12.1 Å². The number of benzene rings is 1. The van der Waals surface area contributed by atoms with Gasteiger partial charge in [-0.1, -0.05) is 24.6 Å². The minimum atomic E-state index is -0.667. The van der Waals surface area contributed by atoms with Crippen LogP contribution in [-0.4, -0.2) is 5.91 Å². The summed E-state index contributed by atoms with van der Waals surface area (Å²) in [5.41, 5.74) is 5.29. The first-order valence-electron chi connectivity index (χ1n) is 5.17. The number of nitrogens with two attached hydrogens (primary N) is 1. The lowest BCUT2D eigenvalue weighted by molar-refractivity contribution is -0.121. The van der Waals surface area contributed by atoms with Gasteiger partial charge in [0, 0.05) is 5.92 Å². The summed E-state index contributed by atoms with van der Waals surface area (Å²) in [5.74, 6) is -1.57. The Kier molecular flexibility index (Phi) is 4.47. The lowest BCUT2D eigenvalue weighted by Gasteiger charge is -2.12. The molecule has 90 valence electrons. The second kappa shape index (κ2) is 5.65. The van der Waals surface area contributed by atoms with Crippen LogP contribution in [0.25, 0.3) is 0 Å². The average Bonchev–Trinajstić information content (AvgIpc) is 2.28. The van der Waals surface area contributed by atoms with Gasteiger partial charge in [0.1, 0.15) is 17.4 Å². The van der Waals surface area contributed by atoms with E-state index >= 15 is 0 Å². The number of nitriles is 1. The monoisotopic (exact) mass is 254 g/mol. The Morgan fingerprint density at radius 2 is 2.29 bits per heavy atom. The Morgan fingerprint density at radius 3 is 2.76 bits per heavy atom. The van der Waals surface area contributed by atoms with E-state index in [2.05, 4.69) is 0 Å². The van der Waals surface area contributed by atoms with E-state index in [1.165, 1.54) is 12.1 Å². The molecule has 0 aliphatic carbocycles. The summed E-state index contributed by atoms with van der Waals surface area (Å²) >= 11 is 5.68. The average molecular weight is 255 g/mol. The first-order chi connectivity index (χ1) is 8.01. The molecule has 1 aromatic carbocycles. The SMILES string of the molecule is CCC(Cc1ccc(Cl)c(C#N)c1F)C(N)=O. The quantitative estimate of drug-likeness (QED) is 0.897. The Balaban J connectivity index is 3.09. The van der Waals surface area contributed by atoms with Gasteiger partial charge in [-0.25, -0.2) is 4.39 Å². The van der Waals surface area contributed by atoms with E-state index in [0.29, 0.717) is 6.42 Å². The summed E-state index contributed by atoms with van der Waals surface area (Å²) in [6.45, 7) is 1.80. The Hall–Kier alpha value is -1.60. The number of carbonyl (C=O) groups is 1. The molecule has 1 aromatic rings. The smallest absolute Gasteiger partial charge is 0.220 e. The minimum absolute atomic E-state index is 0.0703. The Bertz CT molecular complexity index is 482. The van der Waals surface area contributed by atoms with Gasteiger partial charge in [0.05, 0.1) is 5.02 Å². The van der Waals surface area contributed by atoms with E-state index in [4.69, 9.17) is 22.6 Å². The van der Waals surface area contributed by atoms with Crippen molar-refractivity contribution in [3.63, 3.8) is 0 Å². The number of nitrogens with zero attached hydrogens (tertiary/aromatic N) is 1. The van der Waals surface area contributed by atoms with Crippen molar-refractivity contribution in [2.24, 2.45) is 11.7 Å². The maximum atomic E-state index is 13.8. The molecule has 0 aliphatic rings. The zero-order chi connectivity index (χ0) is 13.0. The molecule has 0 saturated carbocycles. The molecule has 0 saturated heterocycles. The first-order valence-corrected chi connectivity index (χ1v) is 5.55. The highest BCUT2D eigenvalue weighted by Crippen LogP contribution is 2.24. The maximum Gasteiger partial charge on any atom is 0.220 e. The Morgan fingerprint density at radius 1 is 1.65 bits per heavy atom. The molecule has 0 aliphatic heterocycles. The lowest BCUT2D eigenvalue weighted by Crippen LogP contribution is -2.24. The largest absolute Gasteiger partial charge is 0.369 e. The van der Waals surface area contributed by atoms with Crippen LogP contribution in [0, 0.1) is 23.1 Å². The molecule has 5 heteroatoms. The summed E-state index contributed by atoms with van der Waals surface area (Å²) in [7, 11) is 0. The van der Waals surface area contributed by atoms with Gasteiger partial charge in [0.2, 0.25) is 5.91 Å².